The van der Waals surface area contributed by atoms with Gasteiger partial charge in [-0.3, -0.25) is 4.90 Å². The van der Waals surface area contributed by atoms with Crippen molar-refractivity contribution in [3.05, 3.63) is 35.1 Å². The van der Waals surface area contributed by atoms with Gasteiger partial charge in [0.05, 0.1) is 18.8 Å². The second-order valence-electron chi connectivity index (χ2n) is 4.51. The Bertz CT molecular complexity index is 444. The van der Waals surface area contributed by atoms with Crippen LogP contribution in [0.15, 0.2) is 12.1 Å². The summed E-state index contributed by atoms with van der Waals surface area (Å²) in [7, 11) is 0. The largest absolute Gasteiger partial charge is 0.374 e. The molecule has 1 aliphatic rings. The van der Waals surface area contributed by atoms with E-state index in [1.165, 1.54) is 0 Å². The number of nitrogens with zero attached hydrogens (tertiary/aromatic N) is 1. The molecule has 2 atom stereocenters. The van der Waals surface area contributed by atoms with Crippen molar-refractivity contribution in [1.82, 2.24) is 4.90 Å². The summed E-state index contributed by atoms with van der Waals surface area (Å²) >= 11 is 0. The first-order valence-electron chi connectivity index (χ1n) is 6.28. The zero-order chi connectivity index (χ0) is 14.0. The molecular weight excluding hydrogens is 257 g/mol. The van der Waals surface area contributed by atoms with E-state index in [-0.39, 0.29) is 12.1 Å². The average Bonchev–Trinajstić information content (AvgIpc) is 2.42. The van der Waals surface area contributed by atoms with Gasteiger partial charge in [-0.05, 0) is 12.6 Å². The van der Waals surface area contributed by atoms with Crippen molar-refractivity contribution in [3.63, 3.8) is 0 Å². The summed E-state index contributed by atoms with van der Waals surface area (Å²) in [5, 5.41) is 0. The molecule has 2 rings (SSSR count). The van der Waals surface area contributed by atoms with Crippen molar-refractivity contribution in [2.24, 2.45) is 5.73 Å². The van der Waals surface area contributed by atoms with Crippen molar-refractivity contribution < 1.29 is 17.9 Å². The highest BCUT2D eigenvalue weighted by molar-refractivity contribution is 5.25. The lowest BCUT2D eigenvalue weighted by Crippen LogP contribution is -2.48. The normalized spacial score (nSPS) is 24.7. The fourth-order valence-corrected chi connectivity index (χ4v) is 2.50. The minimum atomic E-state index is -1.19. The van der Waals surface area contributed by atoms with Crippen LogP contribution < -0.4 is 5.73 Å². The molecule has 2 N–H and O–H groups in total. The molecule has 2 unspecified atom stereocenters. The number of hydrogen-bond donors (Lipinski definition) is 1. The Kier molecular flexibility index (Phi) is 4.44. The lowest BCUT2D eigenvalue weighted by Gasteiger charge is -2.40. The van der Waals surface area contributed by atoms with Gasteiger partial charge in [-0.25, -0.2) is 13.2 Å². The quantitative estimate of drug-likeness (QED) is 0.855. The standard InChI is InChI=1S/C13H17F3N2O/c1-2-18-3-4-19-12(7-17)13(18)8-5-10(15)11(16)6-9(8)14/h5-6,12-13H,2-4,7,17H2,1H3. The number of rotatable bonds is 3. The van der Waals surface area contributed by atoms with E-state index < -0.39 is 29.6 Å². The first-order chi connectivity index (χ1) is 9.08. The summed E-state index contributed by atoms with van der Waals surface area (Å²) in [4.78, 5) is 1.96. The summed E-state index contributed by atoms with van der Waals surface area (Å²) in [6.45, 7) is 3.87. The van der Waals surface area contributed by atoms with Crippen molar-refractivity contribution >= 4 is 0 Å². The van der Waals surface area contributed by atoms with Gasteiger partial charge < -0.3 is 10.5 Å². The highest BCUT2D eigenvalue weighted by atomic mass is 19.2. The smallest absolute Gasteiger partial charge is 0.161 e. The van der Waals surface area contributed by atoms with Crippen LogP contribution in [0.4, 0.5) is 13.2 Å². The molecule has 19 heavy (non-hydrogen) atoms. The summed E-state index contributed by atoms with van der Waals surface area (Å²) in [5.74, 6) is -3.02. The van der Waals surface area contributed by atoms with Crippen LogP contribution in [0.5, 0.6) is 0 Å². The summed E-state index contributed by atoms with van der Waals surface area (Å²) < 4.78 is 45.8. The number of benzene rings is 1. The first kappa shape index (κ1) is 14.3. The lowest BCUT2D eigenvalue weighted by atomic mass is 9.97. The molecule has 0 amide bonds. The lowest BCUT2D eigenvalue weighted by molar-refractivity contribution is -0.0669. The van der Waals surface area contributed by atoms with Gasteiger partial charge in [0.15, 0.2) is 11.6 Å². The van der Waals surface area contributed by atoms with Crippen LogP contribution in [0.1, 0.15) is 18.5 Å². The van der Waals surface area contributed by atoms with E-state index in [4.69, 9.17) is 10.5 Å². The second kappa shape index (κ2) is 5.90. The predicted molar refractivity (Wildman–Crippen MR) is 65.1 cm³/mol. The number of ether oxygens (including phenoxy) is 1. The van der Waals surface area contributed by atoms with Gasteiger partial charge in [0.25, 0.3) is 0 Å². The zero-order valence-corrected chi connectivity index (χ0v) is 10.7. The first-order valence-corrected chi connectivity index (χ1v) is 6.28. The van der Waals surface area contributed by atoms with E-state index >= 15 is 0 Å². The topological polar surface area (TPSA) is 38.5 Å². The van der Waals surface area contributed by atoms with Crippen LogP contribution in [0.25, 0.3) is 0 Å². The van der Waals surface area contributed by atoms with Crippen LogP contribution >= 0.6 is 0 Å². The Morgan fingerprint density at radius 3 is 2.58 bits per heavy atom. The molecule has 0 bridgehead atoms. The van der Waals surface area contributed by atoms with Gasteiger partial charge in [0.1, 0.15) is 5.82 Å². The molecule has 0 radical (unpaired) electrons. The Hall–Kier alpha value is -1.11. The van der Waals surface area contributed by atoms with Gasteiger partial charge >= 0.3 is 0 Å². The molecule has 6 heteroatoms. The third-order valence-corrected chi connectivity index (χ3v) is 3.45. The molecule has 1 aliphatic heterocycles. The summed E-state index contributed by atoms with van der Waals surface area (Å²) in [5.41, 5.74) is 5.72. The zero-order valence-electron chi connectivity index (χ0n) is 10.7. The number of morpholine rings is 1. The van der Waals surface area contributed by atoms with E-state index in [0.717, 1.165) is 6.07 Å². The van der Waals surface area contributed by atoms with Crippen LogP contribution in [0.3, 0.4) is 0 Å². The Morgan fingerprint density at radius 2 is 1.95 bits per heavy atom. The molecule has 106 valence electrons. The molecule has 1 aromatic rings. The summed E-state index contributed by atoms with van der Waals surface area (Å²) in [6.07, 6.45) is -0.423. The molecule has 1 heterocycles. The Morgan fingerprint density at radius 1 is 1.26 bits per heavy atom. The fraction of sp³-hybridized carbons (Fsp3) is 0.538. The fourth-order valence-electron chi connectivity index (χ4n) is 2.50. The molecular formula is C13H17F3N2O. The van der Waals surface area contributed by atoms with E-state index in [1.807, 2.05) is 11.8 Å². The monoisotopic (exact) mass is 274 g/mol. The molecule has 0 aliphatic carbocycles. The molecule has 1 fully saturated rings. The second-order valence-corrected chi connectivity index (χ2v) is 4.51. The Labute approximate surface area is 110 Å². The van der Waals surface area contributed by atoms with Gasteiger partial charge in [0, 0.05) is 24.7 Å². The number of hydrogen-bond acceptors (Lipinski definition) is 3. The van der Waals surface area contributed by atoms with Gasteiger partial charge in [-0.1, -0.05) is 6.92 Å². The SMILES string of the molecule is CCN1CCOC(CN)C1c1cc(F)c(F)cc1F. The van der Waals surface area contributed by atoms with E-state index in [9.17, 15) is 13.2 Å². The third-order valence-electron chi connectivity index (χ3n) is 3.45. The molecule has 0 saturated carbocycles. The number of nitrogens with two attached hydrogens (primary N) is 1. The maximum atomic E-state index is 13.9. The molecule has 3 nitrogen and oxygen atoms in total. The minimum Gasteiger partial charge on any atom is -0.374 e. The number of likely N-dealkylation sites (N-methyl/N-ethyl adjacent to an activating group) is 1. The van der Waals surface area contributed by atoms with Crippen LogP contribution in [-0.4, -0.2) is 37.2 Å². The maximum absolute atomic E-state index is 13.9. The van der Waals surface area contributed by atoms with Crippen molar-refractivity contribution in [1.29, 1.82) is 0 Å². The predicted octanol–water partition coefficient (Wildman–Crippen LogP) is 1.82. The van der Waals surface area contributed by atoms with E-state index in [0.29, 0.717) is 25.8 Å². The van der Waals surface area contributed by atoms with Crippen LogP contribution in [0, 0.1) is 17.5 Å². The Balaban J connectivity index is 2.43. The van der Waals surface area contributed by atoms with E-state index in [2.05, 4.69) is 0 Å². The number of halogens is 3. The van der Waals surface area contributed by atoms with Gasteiger partial charge in [0.2, 0.25) is 0 Å². The van der Waals surface area contributed by atoms with Crippen molar-refractivity contribution in [2.75, 3.05) is 26.2 Å². The maximum Gasteiger partial charge on any atom is 0.161 e. The van der Waals surface area contributed by atoms with E-state index in [1.54, 1.807) is 0 Å². The molecule has 1 aromatic carbocycles. The van der Waals surface area contributed by atoms with Crippen molar-refractivity contribution in [2.45, 2.75) is 19.1 Å². The van der Waals surface area contributed by atoms with Gasteiger partial charge in [-0.2, -0.15) is 0 Å². The van der Waals surface area contributed by atoms with Gasteiger partial charge in [-0.15, -0.1) is 0 Å². The minimum absolute atomic E-state index is 0.0934. The highest BCUT2D eigenvalue weighted by Crippen LogP contribution is 2.31. The highest BCUT2D eigenvalue weighted by Gasteiger charge is 2.34. The molecule has 0 aromatic heterocycles. The van der Waals surface area contributed by atoms with Crippen molar-refractivity contribution in [3.8, 4) is 0 Å². The third kappa shape index (κ3) is 2.75. The van der Waals surface area contributed by atoms with Crippen LogP contribution in [0.2, 0.25) is 0 Å². The molecule has 1 saturated heterocycles. The average molecular weight is 274 g/mol. The molecule has 0 spiro atoms. The van der Waals surface area contributed by atoms with Crippen LogP contribution in [-0.2, 0) is 4.74 Å². The summed E-state index contributed by atoms with van der Waals surface area (Å²) in [6, 6.07) is 0.981.